The summed E-state index contributed by atoms with van der Waals surface area (Å²) in [5, 5.41) is 3.15. The molecule has 1 aromatic carbocycles. The van der Waals surface area contributed by atoms with Gasteiger partial charge in [0, 0.05) is 25.8 Å². The normalized spacial score (nSPS) is 10.4. The molecule has 2 aromatic rings. The average Bonchev–Trinajstić information content (AvgIpc) is 2.72. The lowest BCUT2D eigenvalue weighted by Gasteiger charge is -2.22. The molecule has 0 aliphatic rings. The van der Waals surface area contributed by atoms with Crippen LogP contribution in [0, 0.1) is 6.92 Å². The fourth-order valence-electron chi connectivity index (χ4n) is 2.49. The van der Waals surface area contributed by atoms with Crippen molar-refractivity contribution < 1.29 is 14.3 Å². The molecule has 0 saturated heterocycles. The molecular weight excluding hydrogens is 378 g/mol. The van der Waals surface area contributed by atoms with E-state index in [0.717, 1.165) is 18.4 Å². The number of ether oxygens (including phenoxy) is 1. The number of rotatable bonds is 10. The number of hydrogen-bond donors (Lipinski definition) is 1. The number of pyridine rings is 1. The largest absolute Gasteiger partial charge is 0.445 e. The van der Waals surface area contributed by atoms with Gasteiger partial charge in [-0.25, -0.2) is 9.78 Å². The van der Waals surface area contributed by atoms with Gasteiger partial charge in [-0.3, -0.25) is 4.79 Å². The van der Waals surface area contributed by atoms with Crippen molar-refractivity contribution in [3.63, 3.8) is 0 Å². The van der Waals surface area contributed by atoms with Crippen molar-refractivity contribution >= 4 is 23.6 Å². The Labute approximate surface area is 170 Å². The van der Waals surface area contributed by atoms with Gasteiger partial charge < -0.3 is 15.0 Å². The second kappa shape index (κ2) is 12.0. The summed E-state index contributed by atoms with van der Waals surface area (Å²) in [6.07, 6.45) is 3.22. The van der Waals surface area contributed by atoms with Crippen molar-refractivity contribution in [2.45, 2.75) is 25.9 Å². The minimum absolute atomic E-state index is 0.222. The highest BCUT2D eigenvalue weighted by Gasteiger charge is 2.14. The van der Waals surface area contributed by atoms with Crippen LogP contribution in [0.1, 0.15) is 35.2 Å². The van der Waals surface area contributed by atoms with E-state index in [-0.39, 0.29) is 18.6 Å². The Bertz CT molecular complexity index is 738. The number of amides is 2. The van der Waals surface area contributed by atoms with E-state index in [1.165, 1.54) is 6.20 Å². The minimum atomic E-state index is -0.356. The van der Waals surface area contributed by atoms with Gasteiger partial charge in [-0.05, 0) is 30.5 Å². The van der Waals surface area contributed by atoms with E-state index in [9.17, 15) is 9.59 Å². The summed E-state index contributed by atoms with van der Waals surface area (Å²) >= 11 is 5.72. The highest BCUT2D eigenvalue weighted by atomic mass is 35.5. The molecule has 1 N–H and O–H groups in total. The maximum absolute atomic E-state index is 12.4. The number of nitrogens with one attached hydrogen (secondary N) is 1. The number of halogens is 1. The summed E-state index contributed by atoms with van der Waals surface area (Å²) in [5.74, 6) is -0.222. The van der Waals surface area contributed by atoms with Crippen LogP contribution in [0.4, 0.5) is 4.79 Å². The molecule has 0 spiro atoms. The SMILES string of the molecule is [CH2]CCCN(CCCNC(=O)c1ccc(Cl)nc1)C(=O)OCc1ccccc1. The highest BCUT2D eigenvalue weighted by molar-refractivity contribution is 6.29. The van der Waals surface area contributed by atoms with Crippen LogP contribution in [-0.2, 0) is 11.3 Å². The van der Waals surface area contributed by atoms with Gasteiger partial charge in [0.15, 0.2) is 0 Å². The van der Waals surface area contributed by atoms with Gasteiger partial charge in [0.2, 0.25) is 0 Å². The maximum atomic E-state index is 12.4. The second-order valence-electron chi connectivity index (χ2n) is 6.21. The Morgan fingerprint density at radius 1 is 1.11 bits per heavy atom. The van der Waals surface area contributed by atoms with E-state index in [4.69, 9.17) is 16.3 Å². The van der Waals surface area contributed by atoms with Crippen molar-refractivity contribution in [1.29, 1.82) is 0 Å². The molecule has 6 nitrogen and oxygen atoms in total. The van der Waals surface area contributed by atoms with E-state index in [1.54, 1.807) is 17.0 Å². The molecule has 149 valence electrons. The fraction of sp³-hybridized carbons (Fsp3) is 0.333. The van der Waals surface area contributed by atoms with Crippen LogP contribution in [0.5, 0.6) is 0 Å². The van der Waals surface area contributed by atoms with E-state index < -0.39 is 0 Å². The molecule has 2 rings (SSSR count). The molecule has 0 aliphatic carbocycles. The minimum Gasteiger partial charge on any atom is -0.445 e. The zero-order valence-electron chi connectivity index (χ0n) is 15.8. The van der Waals surface area contributed by atoms with Gasteiger partial charge in [-0.1, -0.05) is 55.3 Å². The Balaban J connectivity index is 1.76. The number of hydrogen-bond acceptors (Lipinski definition) is 4. The first-order valence-electron chi connectivity index (χ1n) is 9.25. The molecular formula is C21H25ClN3O3. The van der Waals surface area contributed by atoms with Crippen LogP contribution >= 0.6 is 11.6 Å². The van der Waals surface area contributed by atoms with Crippen LogP contribution in [0.25, 0.3) is 0 Å². The van der Waals surface area contributed by atoms with Gasteiger partial charge >= 0.3 is 6.09 Å². The lowest BCUT2D eigenvalue weighted by molar-refractivity contribution is 0.0931. The quantitative estimate of drug-likeness (QED) is 0.479. The third kappa shape index (κ3) is 7.56. The molecule has 0 unspecified atom stereocenters. The highest BCUT2D eigenvalue weighted by Crippen LogP contribution is 2.07. The van der Waals surface area contributed by atoms with Gasteiger partial charge in [-0.15, -0.1) is 0 Å². The molecule has 0 fully saturated rings. The molecule has 28 heavy (non-hydrogen) atoms. The predicted octanol–water partition coefficient (Wildman–Crippen LogP) is 4.11. The first-order chi connectivity index (χ1) is 13.6. The van der Waals surface area contributed by atoms with Crippen LogP contribution in [-0.4, -0.2) is 41.5 Å². The van der Waals surface area contributed by atoms with Crippen molar-refractivity contribution in [3.8, 4) is 0 Å². The van der Waals surface area contributed by atoms with Crippen LogP contribution < -0.4 is 5.32 Å². The summed E-state index contributed by atoms with van der Waals surface area (Å²) < 4.78 is 5.40. The number of unbranched alkanes of at least 4 members (excludes halogenated alkanes) is 1. The molecule has 1 aromatic heterocycles. The molecule has 2 amide bonds. The van der Waals surface area contributed by atoms with Gasteiger partial charge in [0.25, 0.3) is 5.91 Å². The van der Waals surface area contributed by atoms with Gasteiger partial charge in [0.1, 0.15) is 11.8 Å². The fourth-order valence-corrected chi connectivity index (χ4v) is 2.60. The Hall–Kier alpha value is -2.60. The number of carbonyl (C=O) groups is 2. The lowest BCUT2D eigenvalue weighted by Crippen LogP contribution is -2.35. The summed E-state index contributed by atoms with van der Waals surface area (Å²) in [5.41, 5.74) is 1.39. The van der Waals surface area contributed by atoms with Gasteiger partial charge in [0.05, 0.1) is 5.56 Å². The van der Waals surface area contributed by atoms with E-state index >= 15 is 0 Å². The monoisotopic (exact) mass is 402 g/mol. The predicted molar refractivity (Wildman–Crippen MR) is 109 cm³/mol. The van der Waals surface area contributed by atoms with Crippen LogP contribution in [0.3, 0.4) is 0 Å². The third-order valence-electron chi connectivity index (χ3n) is 4.02. The molecule has 0 bridgehead atoms. The number of aromatic nitrogens is 1. The number of carbonyl (C=O) groups excluding carboxylic acids is 2. The van der Waals surface area contributed by atoms with Crippen LogP contribution in [0.15, 0.2) is 48.7 Å². The zero-order valence-corrected chi connectivity index (χ0v) is 16.5. The van der Waals surface area contributed by atoms with E-state index in [1.807, 2.05) is 30.3 Å². The number of benzene rings is 1. The van der Waals surface area contributed by atoms with E-state index in [0.29, 0.717) is 36.8 Å². The first kappa shape index (κ1) is 21.7. The van der Waals surface area contributed by atoms with Crippen molar-refractivity contribution in [2.24, 2.45) is 0 Å². The zero-order chi connectivity index (χ0) is 20.2. The van der Waals surface area contributed by atoms with E-state index in [2.05, 4.69) is 17.2 Å². The topological polar surface area (TPSA) is 71.5 Å². The average molecular weight is 403 g/mol. The standard InChI is InChI=1S/C21H25ClN3O3/c1-2-3-13-25(21(27)28-16-17-8-5-4-6-9-17)14-7-12-23-20(26)18-10-11-19(22)24-15-18/h4-6,8-11,15H,1-3,7,12-14,16H2,(H,23,26). The Kier molecular flexibility index (Phi) is 9.28. The molecule has 0 saturated carbocycles. The van der Waals surface area contributed by atoms with Crippen molar-refractivity contribution in [1.82, 2.24) is 15.2 Å². The van der Waals surface area contributed by atoms with Crippen molar-refractivity contribution in [3.05, 3.63) is 71.9 Å². The summed E-state index contributed by atoms with van der Waals surface area (Å²) in [7, 11) is 0. The maximum Gasteiger partial charge on any atom is 0.410 e. The lowest BCUT2D eigenvalue weighted by atomic mass is 10.2. The second-order valence-corrected chi connectivity index (χ2v) is 6.60. The molecule has 1 radical (unpaired) electrons. The van der Waals surface area contributed by atoms with Gasteiger partial charge in [-0.2, -0.15) is 0 Å². The molecule has 1 heterocycles. The molecule has 0 aliphatic heterocycles. The summed E-state index contributed by atoms with van der Waals surface area (Å²) in [6.45, 7) is 5.56. The summed E-state index contributed by atoms with van der Waals surface area (Å²) in [6, 6.07) is 12.7. The Morgan fingerprint density at radius 2 is 1.86 bits per heavy atom. The van der Waals surface area contributed by atoms with Crippen LogP contribution in [0.2, 0.25) is 5.15 Å². The third-order valence-corrected chi connectivity index (χ3v) is 4.24. The summed E-state index contributed by atoms with van der Waals surface area (Å²) in [4.78, 5) is 30.0. The number of nitrogens with zero attached hydrogens (tertiary/aromatic N) is 2. The first-order valence-corrected chi connectivity index (χ1v) is 9.62. The smallest absolute Gasteiger partial charge is 0.410 e. The molecule has 0 atom stereocenters. The van der Waals surface area contributed by atoms with Crippen molar-refractivity contribution in [2.75, 3.05) is 19.6 Å². The molecule has 7 heteroatoms. The Morgan fingerprint density at radius 3 is 2.54 bits per heavy atom.